The molecule has 18 heavy (non-hydrogen) atoms. The highest BCUT2D eigenvalue weighted by Gasteiger charge is 2.42. The minimum Gasteiger partial charge on any atom is -0.324 e. The Morgan fingerprint density at radius 2 is 1.78 bits per heavy atom. The van der Waals surface area contributed by atoms with Gasteiger partial charge in [0.25, 0.3) is 0 Å². The highest BCUT2D eigenvalue weighted by atomic mass is 32.2. The van der Waals surface area contributed by atoms with Crippen LogP contribution in [0.5, 0.6) is 0 Å². The van der Waals surface area contributed by atoms with Gasteiger partial charge in [0.2, 0.25) is 10.0 Å². The van der Waals surface area contributed by atoms with Gasteiger partial charge in [0.05, 0.1) is 5.75 Å². The Balaban J connectivity index is 2.09. The maximum atomic E-state index is 12.6. The van der Waals surface area contributed by atoms with Crippen LogP contribution in [0.2, 0.25) is 0 Å². The second kappa shape index (κ2) is 5.10. The standard InChI is InChI=1S/C13H26N2O2S/c1-11(2)15(12-6-7-12)18(16,17)10-13(14)8-4-3-5-9-13/h11-12H,3-10,14H2,1-2H3. The van der Waals surface area contributed by atoms with E-state index in [9.17, 15) is 8.42 Å². The number of hydrogen-bond donors (Lipinski definition) is 1. The van der Waals surface area contributed by atoms with Crippen LogP contribution in [0.25, 0.3) is 0 Å². The molecule has 0 bridgehead atoms. The number of nitrogens with zero attached hydrogens (tertiary/aromatic N) is 1. The lowest BCUT2D eigenvalue weighted by atomic mass is 9.84. The molecule has 0 saturated heterocycles. The van der Waals surface area contributed by atoms with Gasteiger partial charge >= 0.3 is 0 Å². The molecule has 0 unspecified atom stereocenters. The van der Waals surface area contributed by atoms with Gasteiger partial charge in [-0.05, 0) is 39.5 Å². The van der Waals surface area contributed by atoms with Crippen molar-refractivity contribution in [1.82, 2.24) is 4.31 Å². The molecule has 2 N–H and O–H groups in total. The molecule has 0 amide bonds. The summed E-state index contributed by atoms with van der Waals surface area (Å²) >= 11 is 0. The lowest BCUT2D eigenvalue weighted by Crippen LogP contribution is -2.52. The summed E-state index contributed by atoms with van der Waals surface area (Å²) < 4.78 is 26.9. The number of hydrogen-bond acceptors (Lipinski definition) is 3. The van der Waals surface area contributed by atoms with E-state index in [0.29, 0.717) is 0 Å². The minimum atomic E-state index is -3.21. The van der Waals surface area contributed by atoms with Gasteiger partial charge in [-0.15, -0.1) is 0 Å². The van der Waals surface area contributed by atoms with Gasteiger partial charge in [-0.1, -0.05) is 19.3 Å². The molecule has 0 heterocycles. The van der Waals surface area contributed by atoms with E-state index in [2.05, 4.69) is 0 Å². The number of sulfonamides is 1. The molecule has 0 aromatic carbocycles. The van der Waals surface area contributed by atoms with Crippen LogP contribution < -0.4 is 5.73 Å². The predicted octanol–water partition coefficient (Wildman–Crippen LogP) is 1.85. The molecule has 0 aromatic heterocycles. The van der Waals surface area contributed by atoms with E-state index in [1.807, 2.05) is 13.8 Å². The van der Waals surface area contributed by atoms with Gasteiger partial charge < -0.3 is 5.73 Å². The fourth-order valence-corrected chi connectivity index (χ4v) is 5.61. The third kappa shape index (κ3) is 3.25. The fraction of sp³-hybridized carbons (Fsp3) is 1.00. The van der Waals surface area contributed by atoms with Crippen molar-refractivity contribution < 1.29 is 8.42 Å². The average molecular weight is 274 g/mol. The Morgan fingerprint density at radius 1 is 1.22 bits per heavy atom. The summed E-state index contributed by atoms with van der Waals surface area (Å²) in [5.74, 6) is 0.134. The van der Waals surface area contributed by atoms with E-state index in [1.54, 1.807) is 4.31 Å². The second-order valence-corrected chi connectivity index (χ2v) is 8.21. The Kier molecular flexibility index (Phi) is 4.04. The molecule has 2 saturated carbocycles. The van der Waals surface area contributed by atoms with Crippen molar-refractivity contribution in [1.29, 1.82) is 0 Å². The first-order valence-corrected chi connectivity index (χ1v) is 8.75. The molecule has 0 aliphatic heterocycles. The van der Waals surface area contributed by atoms with Crippen LogP contribution in [-0.4, -0.2) is 36.1 Å². The van der Waals surface area contributed by atoms with Crippen LogP contribution in [0.3, 0.4) is 0 Å². The van der Waals surface area contributed by atoms with Crippen molar-refractivity contribution >= 4 is 10.0 Å². The topological polar surface area (TPSA) is 63.4 Å². The molecular formula is C13H26N2O2S. The van der Waals surface area contributed by atoms with Crippen molar-refractivity contribution in [2.45, 2.75) is 76.4 Å². The third-order valence-corrected chi connectivity index (χ3v) is 6.36. The Hall–Kier alpha value is -0.130. The van der Waals surface area contributed by atoms with E-state index in [4.69, 9.17) is 5.73 Å². The molecule has 2 aliphatic carbocycles. The van der Waals surface area contributed by atoms with Crippen LogP contribution in [0.15, 0.2) is 0 Å². The third-order valence-electron chi connectivity index (χ3n) is 4.06. The summed E-state index contributed by atoms with van der Waals surface area (Å²) in [7, 11) is -3.21. The summed E-state index contributed by atoms with van der Waals surface area (Å²) in [5.41, 5.74) is 5.81. The highest BCUT2D eigenvalue weighted by molar-refractivity contribution is 7.89. The summed E-state index contributed by atoms with van der Waals surface area (Å²) in [6, 6.07) is 0.289. The van der Waals surface area contributed by atoms with E-state index < -0.39 is 15.6 Å². The van der Waals surface area contributed by atoms with Crippen LogP contribution in [-0.2, 0) is 10.0 Å². The average Bonchev–Trinajstić information content (AvgIpc) is 2.99. The highest BCUT2D eigenvalue weighted by Crippen LogP contribution is 2.34. The molecule has 0 aromatic rings. The largest absolute Gasteiger partial charge is 0.324 e. The summed E-state index contributed by atoms with van der Waals surface area (Å²) in [5, 5.41) is 0. The molecule has 0 radical (unpaired) electrons. The lowest BCUT2D eigenvalue weighted by Gasteiger charge is -2.36. The summed E-state index contributed by atoms with van der Waals surface area (Å²) in [4.78, 5) is 0. The molecule has 2 fully saturated rings. The molecule has 4 nitrogen and oxygen atoms in total. The fourth-order valence-electron chi connectivity index (χ4n) is 3.14. The first-order chi connectivity index (χ1) is 8.34. The lowest BCUT2D eigenvalue weighted by molar-refractivity contribution is 0.303. The molecular weight excluding hydrogens is 248 g/mol. The first-order valence-electron chi connectivity index (χ1n) is 7.14. The minimum absolute atomic E-state index is 0.0506. The zero-order valence-electron chi connectivity index (χ0n) is 11.6. The van der Waals surface area contributed by atoms with Crippen molar-refractivity contribution in [2.75, 3.05) is 5.75 Å². The summed E-state index contributed by atoms with van der Waals surface area (Å²) in [6.07, 6.45) is 7.04. The predicted molar refractivity (Wildman–Crippen MR) is 73.8 cm³/mol. The Morgan fingerprint density at radius 3 is 2.22 bits per heavy atom. The maximum Gasteiger partial charge on any atom is 0.216 e. The number of rotatable bonds is 5. The van der Waals surface area contributed by atoms with Crippen molar-refractivity contribution in [2.24, 2.45) is 5.73 Å². The van der Waals surface area contributed by atoms with Gasteiger partial charge in [0.1, 0.15) is 0 Å². The van der Waals surface area contributed by atoms with E-state index in [1.165, 1.54) is 6.42 Å². The SMILES string of the molecule is CC(C)N(C1CC1)S(=O)(=O)CC1(N)CCCCC1. The van der Waals surface area contributed by atoms with Crippen LogP contribution in [0.4, 0.5) is 0 Å². The zero-order valence-corrected chi connectivity index (χ0v) is 12.4. The monoisotopic (exact) mass is 274 g/mol. The van der Waals surface area contributed by atoms with E-state index in [0.717, 1.165) is 38.5 Å². The van der Waals surface area contributed by atoms with E-state index >= 15 is 0 Å². The Labute approximate surface area is 111 Å². The van der Waals surface area contributed by atoms with Gasteiger partial charge in [-0.25, -0.2) is 8.42 Å². The van der Waals surface area contributed by atoms with Gasteiger partial charge in [0, 0.05) is 17.6 Å². The van der Waals surface area contributed by atoms with Crippen molar-refractivity contribution in [3.63, 3.8) is 0 Å². The molecule has 0 spiro atoms. The molecule has 0 atom stereocenters. The van der Waals surface area contributed by atoms with Gasteiger partial charge in [0.15, 0.2) is 0 Å². The quantitative estimate of drug-likeness (QED) is 0.832. The second-order valence-electron chi connectivity index (χ2n) is 6.33. The first kappa shape index (κ1) is 14.3. The van der Waals surface area contributed by atoms with Crippen LogP contribution in [0.1, 0.15) is 58.8 Å². The summed E-state index contributed by atoms with van der Waals surface area (Å²) in [6.45, 7) is 3.92. The van der Waals surface area contributed by atoms with Crippen LogP contribution >= 0.6 is 0 Å². The van der Waals surface area contributed by atoms with Crippen LogP contribution in [0, 0.1) is 0 Å². The van der Waals surface area contributed by atoms with Crippen molar-refractivity contribution in [3.05, 3.63) is 0 Å². The van der Waals surface area contributed by atoms with Gasteiger partial charge in [-0.3, -0.25) is 0 Å². The smallest absolute Gasteiger partial charge is 0.216 e. The normalized spacial score (nSPS) is 24.7. The molecule has 2 rings (SSSR count). The molecule has 106 valence electrons. The van der Waals surface area contributed by atoms with Crippen molar-refractivity contribution in [3.8, 4) is 0 Å². The van der Waals surface area contributed by atoms with E-state index in [-0.39, 0.29) is 17.8 Å². The maximum absolute atomic E-state index is 12.6. The number of nitrogens with two attached hydrogens (primary N) is 1. The molecule has 5 heteroatoms. The Bertz CT molecular complexity index is 380. The van der Waals surface area contributed by atoms with Gasteiger partial charge in [-0.2, -0.15) is 4.31 Å². The molecule has 2 aliphatic rings. The zero-order chi connectivity index (χ0) is 13.4.